The van der Waals surface area contributed by atoms with Gasteiger partial charge in [-0.1, -0.05) is 12.5 Å². The molecule has 0 amide bonds. The average Bonchev–Trinajstić information content (AvgIpc) is 2.49. The zero-order valence-corrected chi connectivity index (χ0v) is 15.3. The number of hydrogen-bond donors (Lipinski definition) is 4. The Kier molecular flexibility index (Phi) is 7.02. The Labute approximate surface area is 149 Å². The first-order valence-corrected chi connectivity index (χ1v) is 9.26. The average molecular weight is 356 g/mol. The smallest absolute Gasteiger partial charge is 0.328 e. The van der Waals surface area contributed by atoms with Crippen LogP contribution in [-0.4, -0.2) is 57.4 Å². The van der Waals surface area contributed by atoms with Crippen LogP contribution in [0.25, 0.3) is 0 Å². The van der Waals surface area contributed by atoms with Crippen molar-refractivity contribution in [1.82, 2.24) is 0 Å². The van der Waals surface area contributed by atoms with Gasteiger partial charge < -0.3 is 25.2 Å². The van der Waals surface area contributed by atoms with E-state index >= 15 is 0 Å². The van der Waals surface area contributed by atoms with Gasteiger partial charge >= 0.3 is 5.97 Å². The summed E-state index contributed by atoms with van der Waals surface area (Å²) in [7, 11) is 0. The molecule has 2 rings (SSSR count). The molecular weight excluding hydrogens is 324 g/mol. The van der Waals surface area contributed by atoms with Crippen molar-refractivity contribution >= 4 is 5.97 Å². The van der Waals surface area contributed by atoms with Gasteiger partial charge in [0, 0.05) is 12.0 Å². The zero-order valence-electron chi connectivity index (χ0n) is 15.3. The molecule has 1 aliphatic carbocycles. The molecule has 0 spiro atoms. The molecule has 1 aliphatic heterocycles. The first-order chi connectivity index (χ1) is 11.7. The van der Waals surface area contributed by atoms with Crippen molar-refractivity contribution in [3.05, 3.63) is 11.6 Å². The quantitative estimate of drug-likeness (QED) is 0.516. The van der Waals surface area contributed by atoms with Crippen molar-refractivity contribution in [1.29, 1.82) is 0 Å². The third kappa shape index (κ3) is 5.03. The van der Waals surface area contributed by atoms with Gasteiger partial charge in [-0.25, -0.2) is 4.79 Å². The van der Waals surface area contributed by atoms with Crippen LogP contribution in [0.5, 0.6) is 0 Å². The molecule has 1 heterocycles. The summed E-state index contributed by atoms with van der Waals surface area (Å²) in [4.78, 5) is 10.7. The highest BCUT2D eigenvalue weighted by molar-refractivity contribution is 5.80. The van der Waals surface area contributed by atoms with Crippen molar-refractivity contribution in [2.75, 3.05) is 6.61 Å². The van der Waals surface area contributed by atoms with E-state index in [-0.39, 0.29) is 17.9 Å². The van der Waals surface area contributed by atoms with Crippen LogP contribution in [0.2, 0.25) is 0 Å². The fourth-order valence-electron chi connectivity index (χ4n) is 4.24. The lowest BCUT2D eigenvalue weighted by molar-refractivity contribution is -0.170. The normalized spacial score (nSPS) is 38.7. The first-order valence-electron chi connectivity index (χ1n) is 9.26. The number of aliphatic hydroxyl groups is 3. The van der Waals surface area contributed by atoms with E-state index in [1.807, 2.05) is 6.92 Å². The molecule has 0 bridgehead atoms. The van der Waals surface area contributed by atoms with E-state index in [0.717, 1.165) is 25.3 Å². The maximum atomic E-state index is 10.7. The maximum Gasteiger partial charge on any atom is 0.328 e. The Morgan fingerprint density at radius 1 is 1.20 bits per heavy atom. The molecular formula is C19H32O6. The largest absolute Gasteiger partial charge is 0.478 e. The van der Waals surface area contributed by atoms with Crippen LogP contribution >= 0.6 is 0 Å². The molecule has 4 N–H and O–H groups in total. The van der Waals surface area contributed by atoms with Crippen LogP contribution in [0, 0.1) is 23.7 Å². The molecule has 0 aromatic heterocycles. The van der Waals surface area contributed by atoms with Gasteiger partial charge in [0.05, 0.1) is 24.9 Å². The van der Waals surface area contributed by atoms with Gasteiger partial charge in [0.2, 0.25) is 0 Å². The molecule has 1 saturated carbocycles. The van der Waals surface area contributed by atoms with Crippen molar-refractivity contribution in [3.8, 4) is 0 Å². The summed E-state index contributed by atoms with van der Waals surface area (Å²) >= 11 is 0. The lowest BCUT2D eigenvalue weighted by Crippen LogP contribution is -2.51. The zero-order chi connectivity index (χ0) is 18.7. The third-order valence-corrected chi connectivity index (χ3v) is 6.15. The summed E-state index contributed by atoms with van der Waals surface area (Å²) < 4.78 is 5.74. The van der Waals surface area contributed by atoms with Crippen LogP contribution in [-0.2, 0) is 9.53 Å². The number of hydrogen-bond acceptors (Lipinski definition) is 5. The van der Waals surface area contributed by atoms with E-state index in [0.29, 0.717) is 30.4 Å². The van der Waals surface area contributed by atoms with Crippen LogP contribution in [0.1, 0.15) is 46.5 Å². The van der Waals surface area contributed by atoms with E-state index < -0.39 is 24.3 Å². The van der Waals surface area contributed by atoms with Gasteiger partial charge in [0.25, 0.3) is 0 Å². The molecule has 6 heteroatoms. The Bertz CT molecular complexity index is 488. The van der Waals surface area contributed by atoms with Crippen molar-refractivity contribution in [3.63, 3.8) is 0 Å². The number of ether oxygens (including phenoxy) is 1. The molecule has 0 radical (unpaired) electrons. The fourth-order valence-corrected chi connectivity index (χ4v) is 4.24. The number of rotatable bonds is 7. The molecule has 25 heavy (non-hydrogen) atoms. The molecule has 2 aliphatic rings. The monoisotopic (exact) mass is 356 g/mol. The lowest BCUT2D eigenvalue weighted by atomic mass is 9.63. The number of aliphatic hydroxyl groups excluding tert-OH is 3. The van der Waals surface area contributed by atoms with Crippen molar-refractivity contribution in [2.24, 2.45) is 23.7 Å². The van der Waals surface area contributed by atoms with E-state index in [1.165, 1.54) is 0 Å². The van der Waals surface area contributed by atoms with E-state index in [1.54, 1.807) is 6.92 Å². The number of aliphatic carboxylic acids is 1. The van der Waals surface area contributed by atoms with E-state index in [4.69, 9.17) is 9.84 Å². The molecule has 144 valence electrons. The van der Waals surface area contributed by atoms with Gasteiger partial charge in [-0.3, -0.25) is 0 Å². The van der Waals surface area contributed by atoms with Gasteiger partial charge in [-0.05, 0) is 57.3 Å². The van der Waals surface area contributed by atoms with Crippen LogP contribution in [0.3, 0.4) is 0 Å². The Morgan fingerprint density at radius 2 is 1.88 bits per heavy atom. The topological polar surface area (TPSA) is 107 Å². The second kappa shape index (κ2) is 8.62. The first kappa shape index (κ1) is 20.4. The number of carboxylic acids is 1. The standard InChI is InChI=1S/C19H32O6/c1-10(7-17(21)22)6-16-19(24)18(23)14(9-25-16)8-13-4-5-15(13)11(2)12(3)20/h7,11-16,18-20,23-24H,4-6,8-9H2,1-3H3,(H,21,22)/b10-7+/t11-,12?,13-,14-,15-,16-,18+,19?/m0/s1. The van der Waals surface area contributed by atoms with E-state index in [2.05, 4.69) is 6.92 Å². The fraction of sp³-hybridized carbons (Fsp3) is 0.842. The molecule has 1 saturated heterocycles. The Hall–Kier alpha value is -0.950. The highest BCUT2D eigenvalue weighted by atomic mass is 16.5. The van der Waals surface area contributed by atoms with Crippen molar-refractivity contribution < 1.29 is 30.0 Å². The lowest BCUT2D eigenvalue weighted by Gasteiger charge is -2.46. The predicted molar refractivity (Wildman–Crippen MR) is 92.9 cm³/mol. The van der Waals surface area contributed by atoms with E-state index in [9.17, 15) is 20.1 Å². The second-order valence-corrected chi connectivity index (χ2v) is 7.98. The van der Waals surface area contributed by atoms with Gasteiger partial charge in [-0.2, -0.15) is 0 Å². The third-order valence-electron chi connectivity index (χ3n) is 6.15. The second-order valence-electron chi connectivity index (χ2n) is 7.98. The van der Waals surface area contributed by atoms with Crippen LogP contribution in [0.4, 0.5) is 0 Å². The maximum absolute atomic E-state index is 10.7. The van der Waals surface area contributed by atoms with Gasteiger partial charge in [0.1, 0.15) is 6.10 Å². The highest BCUT2D eigenvalue weighted by Gasteiger charge is 2.43. The molecule has 2 unspecified atom stereocenters. The summed E-state index contributed by atoms with van der Waals surface area (Å²) in [6.45, 7) is 5.94. The molecule has 0 aromatic carbocycles. The molecule has 2 fully saturated rings. The number of carbonyl (C=O) groups is 1. The Morgan fingerprint density at radius 3 is 2.40 bits per heavy atom. The highest BCUT2D eigenvalue weighted by Crippen LogP contribution is 2.45. The van der Waals surface area contributed by atoms with Gasteiger partial charge in [-0.15, -0.1) is 0 Å². The number of carboxylic acid groups (broad SMARTS) is 1. The molecule has 6 nitrogen and oxygen atoms in total. The minimum atomic E-state index is -1.02. The summed E-state index contributed by atoms with van der Waals surface area (Å²) in [5.41, 5.74) is 0.604. The SMILES string of the molecule is C/C(=C\C(=O)O)C[C@@H]1OC[C@H](C[C@@H]2CC[C@H]2[C@@H](C)C(C)O)[C@@H](O)C1O. The van der Waals surface area contributed by atoms with Crippen LogP contribution < -0.4 is 0 Å². The van der Waals surface area contributed by atoms with Crippen molar-refractivity contribution in [2.45, 2.75) is 70.9 Å². The summed E-state index contributed by atoms with van der Waals surface area (Å²) in [5.74, 6) is 0.00317. The minimum absolute atomic E-state index is 0.121. The summed E-state index contributed by atoms with van der Waals surface area (Å²) in [6, 6.07) is 0. The molecule has 8 atom stereocenters. The van der Waals surface area contributed by atoms with Gasteiger partial charge in [0.15, 0.2) is 0 Å². The minimum Gasteiger partial charge on any atom is -0.478 e. The van der Waals surface area contributed by atoms with Crippen LogP contribution in [0.15, 0.2) is 11.6 Å². The predicted octanol–water partition coefficient (Wildman–Crippen LogP) is 1.58. The Balaban J connectivity index is 1.89. The molecule has 0 aromatic rings. The summed E-state index contributed by atoms with van der Waals surface area (Å²) in [6.07, 6.45) is 1.59. The summed E-state index contributed by atoms with van der Waals surface area (Å²) in [5, 5.41) is 39.4.